The minimum absolute atomic E-state index is 0.220. The first kappa shape index (κ1) is 12.5. The van der Waals surface area contributed by atoms with Crippen LogP contribution >= 0.6 is 0 Å². The average Bonchev–Trinajstić information content (AvgIpc) is 2.26. The Bertz CT molecular complexity index is 196. The zero-order valence-electron chi connectivity index (χ0n) is 10.2. The van der Waals surface area contributed by atoms with Crippen molar-refractivity contribution in [3.05, 3.63) is 0 Å². The summed E-state index contributed by atoms with van der Waals surface area (Å²) in [5, 5.41) is 6.31. The van der Waals surface area contributed by atoms with Gasteiger partial charge < -0.3 is 10.6 Å². The molecule has 1 aliphatic carbocycles. The summed E-state index contributed by atoms with van der Waals surface area (Å²) in [6.45, 7) is 5.54. The monoisotopic (exact) mass is 212 g/mol. The van der Waals surface area contributed by atoms with Crippen LogP contribution in [0.1, 0.15) is 39.5 Å². The summed E-state index contributed by atoms with van der Waals surface area (Å²) in [5.74, 6) is 1.19. The van der Waals surface area contributed by atoms with E-state index in [0.717, 1.165) is 32.2 Å². The van der Waals surface area contributed by atoms with Crippen LogP contribution in [-0.4, -0.2) is 25.5 Å². The van der Waals surface area contributed by atoms with Crippen LogP contribution in [0.15, 0.2) is 0 Å². The summed E-state index contributed by atoms with van der Waals surface area (Å²) in [4.78, 5) is 11.4. The molecule has 0 unspecified atom stereocenters. The van der Waals surface area contributed by atoms with Gasteiger partial charge in [0.05, 0.1) is 0 Å². The van der Waals surface area contributed by atoms with E-state index in [9.17, 15) is 4.79 Å². The lowest BCUT2D eigenvalue weighted by Gasteiger charge is -2.28. The molecule has 0 aromatic heterocycles. The lowest BCUT2D eigenvalue weighted by atomic mass is 9.85. The molecular weight excluding hydrogens is 188 g/mol. The highest BCUT2D eigenvalue weighted by atomic mass is 16.1. The first-order chi connectivity index (χ1) is 7.13. The molecule has 1 rings (SSSR count). The number of carbonyl (C=O) groups excluding carboxylic acids is 1. The predicted octanol–water partition coefficient (Wildman–Crippen LogP) is 1.54. The Morgan fingerprint density at radius 3 is 2.33 bits per heavy atom. The highest BCUT2D eigenvalue weighted by Crippen LogP contribution is 2.24. The molecule has 2 N–H and O–H groups in total. The van der Waals surface area contributed by atoms with Crippen LogP contribution in [0.2, 0.25) is 0 Å². The lowest BCUT2D eigenvalue weighted by molar-refractivity contribution is -0.125. The maximum Gasteiger partial charge on any atom is 0.222 e. The predicted molar refractivity (Wildman–Crippen MR) is 62.7 cm³/mol. The molecule has 0 radical (unpaired) electrons. The van der Waals surface area contributed by atoms with Gasteiger partial charge in [-0.15, -0.1) is 0 Å². The lowest BCUT2D eigenvalue weighted by Crippen LogP contribution is -2.38. The molecule has 1 saturated carbocycles. The second-order valence-corrected chi connectivity index (χ2v) is 4.96. The maximum atomic E-state index is 11.4. The molecule has 0 aromatic carbocycles. The average molecular weight is 212 g/mol. The summed E-state index contributed by atoms with van der Waals surface area (Å²) in [7, 11) is 1.73. The zero-order chi connectivity index (χ0) is 11.3. The van der Waals surface area contributed by atoms with Crippen molar-refractivity contribution in [2.45, 2.75) is 45.6 Å². The molecule has 0 bridgehead atoms. The molecule has 0 saturated heterocycles. The molecular formula is C12H24N2O. The summed E-state index contributed by atoms with van der Waals surface area (Å²) < 4.78 is 0. The van der Waals surface area contributed by atoms with Gasteiger partial charge in [0.1, 0.15) is 0 Å². The Morgan fingerprint density at radius 2 is 1.87 bits per heavy atom. The van der Waals surface area contributed by atoms with Crippen molar-refractivity contribution in [1.29, 1.82) is 0 Å². The molecule has 88 valence electrons. The number of amides is 1. The molecule has 3 heteroatoms. The molecule has 3 nitrogen and oxygen atoms in total. The number of rotatable bonds is 4. The van der Waals surface area contributed by atoms with Gasteiger partial charge in [0.25, 0.3) is 0 Å². The Hall–Kier alpha value is -0.570. The third-order valence-electron chi connectivity index (χ3n) is 3.16. The largest absolute Gasteiger partial charge is 0.359 e. The van der Waals surface area contributed by atoms with Gasteiger partial charge in [-0.3, -0.25) is 4.79 Å². The van der Waals surface area contributed by atoms with Gasteiger partial charge in [-0.2, -0.15) is 0 Å². The SMILES string of the molecule is CNC(=O)C1CCC(NCC(C)C)CC1. The van der Waals surface area contributed by atoms with E-state index in [1.807, 2.05) is 0 Å². The van der Waals surface area contributed by atoms with E-state index in [2.05, 4.69) is 24.5 Å². The van der Waals surface area contributed by atoms with Crippen LogP contribution < -0.4 is 10.6 Å². The molecule has 0 spiro atoms. The van der Waals surface area contributed by atoms with Crippen molar-refractivity contribution in [2.24, 2.45) is 11.8 Å². The number of hydrogen-bond donors (Lipinski definition) is 2. The summed E-state index contributed by atoms with van der Waals surface area (Å²) in [5.41, 5.74) is 0. The van der Waals surface area contributed by atoms with Crippen molar-refractivity contribution in [1.82, 2.24) is 10.6 Å². The zero-order valence-corrected chi connectivity index (χ0v) is 10.2. The molecule has 15 heavy (non-hydrogen) atoms. The number of hydrogen-bond acceptors (Lipinski definition) is 2. The quantitative estimate of drug-likeness (QED) is 0.742. The Morgan fingerprint density at radius 1 is 1.27 bits per heavy atom. The summed E-state index contributed by atoms with van der Waals surface area (Å²) >= 11 is 0. The highest BCUT2D eigenvalue weighted by Gasteiger charge is 2.25. The van der Waals surface area contributed by atoms with Crippen LogP contribution in [0.25, 0.3) is 0 Å². The fourth-order valence-electron chi connectivity index (χ4n) is 2.17. The van der Waals surface area contributed by atoms with E-state index < -0.39 is 0 Å². The fourth-order valence-corrected chi connectivity index (χ4v) is 2.17. The molecule has 1 amide bonds. The van der Waals surface area contributed by atoms with Gasteiger partial charge in [0, 0.05) is 19.0 Å². The van der Waals surface area contributed by atoms with E-state index in [4.69, 9.17) is 0 Å². The van der Waals surface area contributed by atoms with E-state index in [1.165, 1.54) is 0 Å². The van der Waals surface area contributed by atoms with Crippen LogP contribution in [0, 0.1) is 11.8 Å². The first-order valence-corrected chi connectivity index (χ1v) is 6.08. The Labute approximate surface area is 93.0 Å². The molecule has 1 aliphatic rings. The third kappa shape index (κ3) is 4.20. The van der Waals surface area contributed by atoms with Crippen LogP contribution in [0.4, 0.5) is 0 Å². The van der Waals surface area contributed by atoms with Crippen LogP contribution in [-0.2, 0) is 4.79 Å². The van der Waals surface area contributed by atoms with Crippen LogP contribution in [0.3, 0.4) is 0 Å². The Kier molecular flexibility index (Phi) is 5.09. The molecule has 0 aromatic rings. The van der Waals surface area contributed by atoms with Crippen molar-refractivity contribution in [3.63, 3.8) is 0 Å². The molecule has 0 atom stereocenters. The molecule has 0 aliphatic heterocycles. The van der Waals surface area contributed by atoms with Gasteiger partial charge in [-0.1, -0.05) is 13.8 Å². The first-order valence-electron chi connectivity index (χ1n) is 6.08. The second-order valence-electron chi connectivity index (χ2n) is 4.96. The standard InChI is InChI=1S/C12H24N2O/c1-9(2)8-14-11-6-4-10(5-7-11)12(15)13-3/h9-11,14H,4-8H2,1-3H3,(H,13,15). The molecule has 1 fully saturated rings. The highest BCUT2D eigenvalue weighted by molar-refractivity contribution is 5.78. The second kappa shape index (κ2) is 6.11. The summed E-state index contributed by atoms with van der Waals surface area (Å²) in [6, 6.07) is 0.633. The minimum Gasteiger partial charge on any atom is -0.359 e. The van der Waals surface area contributed by atoms with Gasteiger partial charge in [-0.25, -0.2) is 0 Å². The minimum atomic E-state index is 0.220. The molecule has 0 heterocycles. The fraction of sp³-hybridized carbons (Fsp3) is 0.917. The van der Waals surface area contributed by atoms with E-state index in [-0.39, 0.29) is 11.8 Å². The number of carbonyl (C=O) groups is 1. The van der Waals surface area contributed by atoms with Crippen molar-refractivity contribution in [3.8, 4) is 0 Å². The van der Waals surface area contributed by atoms with Crippen molar-refractivity contribution in [2.75, 3.05) is 13.6 Å². The number of nitrogens with one attached hydrogen (secondary N) is 2. The van der Waals surface area contributed by atoms with E-state index in [1.54, 1.807) is 7.05 Å². The van der Waals surface area contributed by atoms with Crippen molar-refractivity contribution < 1.29 is 4.79 Å². The summed E-state index contributed by atoms with van der Waals surface area (Å²) in [6.07, 6.45) is 4.36. The third-order valence-corrected chi connectivity index (χ3v) is 3.16. The smallest absolute Gasteiger partial charge is 0.222 e. The van der Waals surface area contributed by atoms with Crippen molar-refractivity contribution >= 4 is 5.91 Å². The van der Waals surface area contributed by atoms with E-state index >= 15 is 0 Å². The van der Waals surface area contributed by atoms with Crippen LogP contribution in [0.5, 0.6) is 0 Å². The maximum absolute atomic E-state index is 11.4. The normalized spacial score (nSPS) is 26.7. The van der Waals surface area contributed by atoms with Gasteiger partial charge in [0.15, 0.2) is 0 Å². The van der Waals surface area contributed by atoms with Gasteiger partial charge in [-0.05, 0) is 38.1 Å². The Balaban J connectivity index is 2.21. The van der Waals surface area contributed by atoms with Gasteiger partial charge in [0.2, 0.25) is 5.91 Å². The topological polar surface area (TPSA) is 41.1 Å². The van der Waals surface area contributed by atoms with E-state index in [0.29, 0.717) is 12.0 Å². The van der Waals surface area contributed by atoms with Gasteiger partial charge >= 0.3 is 0 Å².